The first kappa shape index (κ1) is 19.3. The van der Waals surface area contributed by atoms with Gasteiger partial charge in [0.2, 0.25) is 0 Å². The van der Waals surface area contributed by atoms with E-state index in [-0.39, 0.29) is 17.3 Å². The maximum Gasteiger partial charge on any atom is 0.337 e. The van der Waals surface area contributed by atoms with E-state index in [4.69, 9.17) is 4.74 Å². The molecule has 0 aliphatic carbocycles. The van der Waals surface area contributed by atoms with Crippen LogP contribution in [0, 0.1) is 6.92 Å². The number of aryl methyl sites for hydroxylation is 1. The van der Waals surface area contributed by atoms with Crippen molar-refractivity contribution in [3.8, 4) is 0 Å². The van der Waals surface area contributed by atoms with Crippen molar-refractivity contribution < 1.29 is 14.3 Å². The van der Waals surface area contributed by atoms with Crippen LogP contribution in [0.15, 0.2) is 47.3 Å². The lowest BCUT2D eigenvalue weighted by Gasteiger charge is -2.14. The SMILES string of the molecule is COC(=O)c1ccc(C)c(NC(=O)c2nn(C(C)C)c(=O)c3ccccc23)c1. The second-order valence-electron chi connectivity index (χ2n) is 6.71. The minimum Gasteiger partial charge on any atom is -0.465 e. The standard InChI is InChI=1S/C21H21N3O4/c1-12(2)24-20(26)16-8-6-5-7-15(16)18(23-24)19(25)22-17-11-14(21(27)28-4)10-9-13(17)3/h5-12H,1-4H3,(H,22,25). The predicted octanol–water partition coefficient (Wildman–Crippen LogP) is 3.32. The topological polar surface area (TPSA) is 90.3 Å². The van der Waals surface area contributed by atoms with Crippen LogP contribution < -0.4 is 10.9 Å². The quantitative estimate of drug-likeness (QED) is 0.702. The first-order valence-corrected chi connectivity index (χ1v) is 8.85. The number of amides is 1. The van der Waals surface area contributed by atoms with Crippen LogP contribution in [0.5, 0.6) is 0 Å². The second kappa shape index (κ2) is 7.64. The van der Waals surface area contributed by atoms with Gasteiger partial charge in [0.1, 0.15) is 0 Å². The molecular weight excluding hydrogens is 358 g/mol. The van der Waals surface area contributed by atoms with E-state index in [9.17, 15) is 14.4 Å². The number of carbonyl (C=O) groups is 2. The van der Waals surface area contributed by atoms with Crippen molar-refractivity contribution in [2.24, 2.45) is 0 Å². The minimum atomic E-state index is -0.493. The highest BCUT2D eigenvalue weighted by molar-refractivity contribution is 6.11. The Morgan fingerprint density at radius 2 is 1.79 bits per heavy atom. The van der Waals surface area contributed by atoms with Gasteiger partial charge in [-0.15, -0.1) is 0 Å². The molecule has 2 aromatic carbocycles. The van der Waals surface area contributed by atoms with Crippen molar-refractivity contribution in [3.63, 3.8) is 0 Å². The molecule has 3 rings (SSSR count). The number of fused-ring (bicyclic) bond motifs is 1. The van der Waals surface area contributed by atoms with Gasteiger partial charge in [-0.2, -0.15) is 5.10 Å². The third-order valence-electron chi connectivity index (χ3n) is 4.44. The van der Waals surface area contributed by atoms with Crippen LogP contribution >= 0.6 is 0 Å². The van der Waals surface area contributed by atoms with Crippen LogP contribution in [-0.2, 0) is 4.74 Å². The molecule has 0 bridgehead atoms. The zero-order chi connectivity index (χ0) is 20.4. The van der Waals surface area contributed by atoms with Gasteiger partial charge in [-0.3, -0.25) is 9.59 Å². The third kappa shape index (κ3) is 3.51. The van der Waals surface area contributed by atoms with Crippen molar-refractivity contribution in [1.82, 2.24) is 9.78 Å². The molecule has 0 spiro atoms. The molecule has 7 heteroatoms. The lowest BCUT2D eigenvalue weighted by molar-refractivity contribution is 0.0600. The van der Waals surface area contributed by atoms with E-state index < -0.39 is 11.9 Å². The zero-order valence-electron chi connectivity index (χ0n) is 16.1. The normalized spacial score (nSPS) is 10.9. The minimum absolute atomic E-state index is 0.145. The number of hydrogen-bond donors (Lipinski definition) is 1. The van der Waals surface area contributed by atoms with E-state index in [0.717, 1.165) is 5.56 Å². The molecule has 0 saturated carbocycles. The van der Waals surface area contributed by atoms with Gasteiger partial charge in [-0.05, 0) is 44.5 Å². The summed E-state index contributed by atoms with van der Waals surface area (Å²) in [6.45, 7) is 5.47. The summed E-state index contributed by atoms with van der Waals surface area (Å²) in [7, 11) is 1.30. The number of anilines is 1. The molecule has 0 atom stereocenters. The van der Waals surface area contributed by atoms with Crippen LogP contribution in [0.25, 0.3) is 10.8 Å². The number of nitrogens with one attached hydrogen (secondary N) is 1. The third-order valence-corrected chi connectivity index (χ3v) is 4.44. The van der Waals surface area contributed by atoms with Gasteiger partial charge in [-0.1, -0.05) is 24.3 Å². The molecule has 1 aromatic heterocycles. The summed E-state index contributed by atoms with van der Waals surface area (Å²) in [5.74, 6) is -0.955. The number of ether oxygens (including phenoxy) is 1. The van der Waals surface area contributed by atoms with Gasteiger partial charge >= 0.3 is 5.97 Å². The Hall–Kier alpha value is -3.48. The van der Waals surface area contributed by atoms with Crippen LogP contribution in [-0.4, -0.2) is 28.8 Å². The molecule has 1 N–H and O–H groups in total. The smallest absolute Gasteiger partial charge is 0.337 e. The van der Waals surface area contributed by atoms with Gasteiger partial charge in [0.25, 0.3) is 11.5 Å². The number of esters is 1. The van der Waals surface area contributed by atoms with Crippen LogP contribution in [0.3, 0.4) is 0 Å². The summed E-state index contributed by atoms with van der Waals surface area (Å²) in [5, 5.41) is 8.00. The Bertz CT molecular complexity index is 1130. The molecule has 7 nitrogen and oxygen atoms in total. The average molecular weight is 379 g/mol. The summed E-state index contributed by atoms with van der Waals surface area (Å²) in [6, 6.07) is 11.6. The Balaban J connectivity index is 2.09. The molecule has 0 radical (unpaired) electrons. The first-order chi connectivity index (χ1) is 13.3. The zero-order valence-corrected chi connectivity index (χ0v) is 16.1. The van der Waals surface area contributed by atoms with Gasteiger partial charge in [0, 0.05) is 11.1 Å². The number of carbonyl (C=O) groups excluding carboxylic acids is 2. The van der Waals surface area contributed by atoms with E-state index in [2.05, 4.69) is 10.4 Å². The summed E-state index contributed by atoms with van der Waals surface area (Å²) in [4.78, 5) is 37.4. The van der Waals surface area contributed by atoms with Crippen LogP contribution in [0.2, 0.25) is 0 Å². The number of rotatable bonds is 4. The maximum atomic E-state index is 13.0. The van der Waals surface area contributed by atoms with Crippen molar-refractivity contribution in [2.75, 3.05) is 12.4 Å². The second-order valence-corrected chi connectivity index (χ2v) is 6.71. The number of methoxy groups -OCH3 is 1. The Kier molecular flexibility index (Phi) is 5.26. The van der Waals surface area contributed by atoms with Gasteiger partial charge in [0.15, 0.2) is 5.69 Å². The van der Waals surface area contributed by atoms with E-state index in [1.807, 2.05) is 20.8 Å². The Morgan fingerprint density at radius 1 is 1.11 bits per heavy atom. The largest absolute Gasteiger partial charge is 0.465 e. The average Bonchev–Trinajstić information content (AvgIpc) is 2.69. The summed E-state index contributed by atoms with van der Waals surface area (Å²) in [5.41, 5.74) is 1.48. The molecule has 144 valence electrons. The van der Waals surface area contributed by atoms with Gasteiger partial charge in [-0.25, -0.2) is 9.48 Å². The summed E-state index contributed by atoms with van der Waals surface area (Å²) in [6.07, 6.45) is 0. The molecule has 0 unspecified atom stereocenters. The predicted molar refractivity (Wildman–Crippen MR) is 107 cm³/mol. The number of hydrogen-bond acceptors (Lipinski definition) is 5. The van der Waals surface area contributed by atoms with Gasteiger partial charge in [0.05, 0.1) is 24.1 Å². The summed E-state index contributed by atoms with van der Waals surface area (Å²) >= 11 is 0. The molecule has 1 amide bonds. The fraction of sp³-hybridized carbons (Fsp3) is 0.238. The molecule has 0 aliphatic rings. The molecular formula is C21H21N3O4. The molecule has 3 aromatic rings. The van der Waals surface area contributed by atoms with Crippen molar-refractivity contribution >= 4 is 28.3 Å². The molecule has 1 heterocycles. The first-order valence-electron chi connectivity index (χ1n) is 8.85. The van der Waals surface area contributed by atoms with Gasteiger partial charge < -0.3 is 10.1 Å². The lowest BCUT2D eigenvalue weighted by Crippen LogP contribution is -2.29. The fourth-order valence-electron chi connectivity index (χ4n) is 2.91. The number of aromatic nitrogens is 2. The highest BCUT2D eigenvalue weighted by Gasteiger charge is 2.19. The van der Waals surface area contributed by atoms with Crippen molar-refractivity contribution in [1.29, 1.82) is 0 Å². The van der Waals surface area contributed by atoms with Crippen molar-refractivity contribution in [3.05, 3.63) is 69.6 Å². The van der Waals surface area contributed by atoms with Crippen LogP contribution in [0.1, 0.15) is 46.3 Å². The molecule has 0 saturated heterocycles. The van der Waals surface area contributed by atoms with E-state index in [1.54, 1.807) is 42.5 Å². The number of benzene rings is 2. The number of nitrogens with zero attached hydrogens (tertiary/aromatic N) is 2. The van der Waals surface area contributed by atoms with E-state index in [1.165, 1.54) is 11.8 Å². The van der Waals surface area contributed by atoms with E-state index >= 15 is 0 Å². The monoisotopic (exact) mass is 379 g/mol. The molecule has 0 aliphatic heterocycles. The maximum absolute atomic E-state index is 13.0. The molecule has 0 fully saturated rings. The van der Waals surface area contributed by atoms with E-state index in [0.29, 0.717) is 22.0 Å². The van der Waals surface area contributed by atoms with Crippen LogP contribution in [0.4, 0.5) is 5.69 Å². The Labute approximate surface area is 161 Å². The van der Waals surface area contributed by atoms with Crippen molar-refractivity contribution in [2.45, 2.75) is 26.8 Å². The highest BCUT2D eigenvalue weighted by Crippen LogP contribution is 2.20. The fourth-order valence-corrected chi connectivity index (χ4v) is 2.91. The lowest BCUT2D eigenvalue weighted by atomic mass is 10.1. The molecule has 28 heavy (non-hydrogen) atoms. The summed E-state index contributed by atoms with van der Waals surface area (Å²) < 4.78 is 6.03. The Morgan fingerprint density at radius 3 is 2.43 bits per heavy atom. The highest BCUT2D eigenvalue weighted by atomic mass is 16.5.